The highest BCUT2D eigenvalue weighted by molar-refractivity contribution is 7.89. The van der Waals surface area contributed by atoms with Gasteiger partial charge in [-0.2, -0.15) is 4.31 Å². The Balaban J connectivity index is 1.60. The topological polar surface area (TPSA) is 40.6 Å². The normalized spacial score (nSPS) is 29.6. The Morgan fingerprint density at radius 1 is 0.778 bits per heavy atom. The van der Waals surface area contributed by atoms with Crippen molar-refractivity contribution in [3.8, 4) is 0 Å². The first-order valence-corrected chi connectivity index (χ1v) is 12.4. The summed E-state index contributed by atoms with van der Waals surface area (Å²) in [7, 11) is -3.43. The average molecular weight is 391 g/mol. The maximum absolute atomic E-state index is 13.6. The Labute approximate surface area is 165 Å². The van der Waals surface area contributed by atoms with E-state index in [2.05, 4.69) is 4.90 Å². The van der Waals surface area contributed by atoms with Crippen LogP contribution in [0.25, 0.3) is 0 Å². The number of benzene rings is 1. The second kappa shape index (κ2) is 8.62. The second-order valence-electron chi connectivity index (χ2n) is 8.68. The van der Waals surface area contributed by atoms with Gasteiger partial charge in [-0.1, -0.05) is 43.9 Å². The van der Waals surface area contributed by atoms with Crippen LogP contribution in [0.15, 0.2) is 35.2 Å². The molecule has 2 atom stereocenters. The molecule has 2 saturated heterocycles. The summed E-state index contributed by atoms with van der Waals surface area (Å²) in [5.74, 6) is 0.541. The van der Waals surface area contributed by atoms with E-state index in [0.29, 0.717) is 23.4 Å². The number of likely N-dealkylation sites (tertiary alicyclic amines) is 1. The van der Waals surface area contributed by atoms with E-state index in [1.54, 1.807) is 12.1 Å². The number of nitrogens with zero attached hydrogens (tertiary/aromatic N) is 2. The van der Waals surface area contributed by atoms with Crippen molar-refractivity contribution < 1.29 is 8.42 Å². The predicted octanol–water partition coefficient (Wildman–Crippen LogP) is 4.27. The van der Waals surface area contributed by atoms with E-state index in [-0.39, 0.29) is 6.04 Å². The Morgan fingerprint density at radius 2 is 1.44 bits per heavy atom. The van der Waals surface area contributed by atoms with Crippen LogP contribution in [-0.2, 0) is 10.0 Å². The Bertz CT molecular complexity index is 694. The minimum absolute atomic E-state index is 0.191. The number of hydrogen-bond acceptors (Lipinski definition) is 3. The zero-order valence-electron chi connectivity index (χ0n) is 16.4. The molecule has 3 aliphatic rings. The third kappa shape index (κ3) is 4.25. The summed E-state index contributed by atoms with van der Waals surface area (Å²) in [6, 6.07) is 9.68. The van der Waals surface area contributed by atoms with E-state index in [1.807, 2.05) is 22.5 Å². The lowest BCUT2D eigenvalue weighted by Crippen LogP contribution is -2.56. The molecule has 4 rings (SSSR count). The minimum atomic E-state index is -3.43. The van der Waals surface area contributed by atoms with Crippen LogP contribution >= 0.6 is 0 Å². The van der Waals surface area contributed by atoms with Crippen LogP contribution in [0.3, 0.4) is 0 Å². The van der Waals surface area contributed by atoms with Crippen molar-refractivity contribution in [1.82, 2.24) is 9.21 Å². The lowest BCUT2D eigenvalue weighted by molar-refractivity contribution is 0.0653. The van der Waals surface area contributed by atoms with Crippen molar-refractivity contribution in [1.29, 1.82) is 0 Å². The molecule has 4 nitrogen and oxygen atoms in total. The molecular formula is C22H34N2O2S. The Hall–Kier alpha value is -0.910. The van der Waals surface area contributed by atoms with E-state index in [4.69, 9.17) is 0 Å². The second-order valence-corrected chi connectivity index (χ2v) is 10.6. The number of piperidine rings is 2. The summed E-state index contributed by atoms with van der Waals surface area (Å²) >= 11 is 0. The van der Waals surface area contributed by atoms with Crippen LogP contribution in [0.4, 0.5) is 0 Å². The largest absolute Gasteiger partial charge is 0.299 e. The molecule has 0 bridgehead atoms. The van der Waals surface area contributed by atoms with Crippen LogP contribution < -0.4 is 0 Å². The van der Waals surface area contributed by atoms with Gasteiger partial charge in [0, 0.05) is 18.6 Å². The molecule has 0 aromatic heterocycles. The van der Waals surface area contributed by atoms with E-state index in [9.17, 15) is 8.42 Å². The molecule has 150 valence electrons. The maximum atomic E-state index is 13.6. The summed E-state index contributed by atoms with van der Waals surface area (Å²) in [6.45, 7) is 2.95. The van der Waals surface area contributed by atoms with Crippen molar-refractivity contribution in [3.05, 3.63) is 30.3 Å². The van der Waals surface area contributed by atoms with Gasteiger partial charge in [-0.05, 0) is 69.7 Å². The summed E-state index contributed by atoms with van der Waals surface area (Å²) in [5.41, 5.74) is 0. The van der Waals surface area contributed by atoms with Gasteiger partial charge in [-0.15, -0.1) is 0 Å². The lowest BCUT2D eigenvalue weighted by Gasteiger charge is -2.47. The molecule has 0 N–H and O–H groups in total. The van der Waals surface area contributed by atoms with Crippen LogP contribution in [0.5, 0.6) is 0 Å². The highest BCUT2D eigenvalue weighted by Crippen LogP contribution is 2.37. The standard InChI is InChI=1S/C22H34N2O2S/c25-27(26,21-12-6-2-7-13-21)24-18-20(23-16-8-3-9-17-23)14-15-22(24)19-10-4-1-5-11-19/h2,6-7,12-13,19-20,22H,1,3-5,8-11,14-18H2. The SMILES string of the molecule is O=S(=O)(c1ccccc1)N1CC(N2CCCCC2)CCC1C1CCCCC1. The summed E-state index contributed by atoms with van der Waals surface area (Å²) in [4.78, 5) is 3.03. The smallest absolute Gasteiger partial charge is 0.243 e. The molecule has 0 spiro atoms. The van der Waals surface area contributed by atoms with E-state index in [1.165, 1.54) is 51.4 Å². The van der Waals surface area contributed by atoms with Gasteiger partial charge in [0.15, 0.2) is 0 Å². The molecule has 5 heteroatoms. The number of sulfonamides is 1. The van der Waals surface area contributed by atoms with Gasteiger partial charge < -0.3 is 0 Å². The molecule has 0 radical (unpaired) electrons. The molecule has 2 heterocycles. The van der Waals surface area contributed by atoms with E-state index < -0.39 is 10.0 Å². The molecule has 1 saturated carbocycles. The van der Waals surface area contributed by atoms with Gasteiger partial charge in [-0.3, -0.25) is 4.90 Å². The van der Waals surface area contributed by atoms with Crippen LogP contribution in [0.2, 0.25) is 0 Å². The quantitative estimate of drug-likeness (QED) is 0.771. The van der Waals surface area contributed by atoms with Crippen molar-refractivity contribution >= 4 is 10.0 Å². The van der Waals surface area contributed by atoms with Gasteiger partial charge in [-0.25, -0.2) is 8.42 Å². The molecule has 0 amide bonds. The average Bonchev–Trinajstić information content (AvgIpc) is 2.75. The first-order chi connectivity index (χ1) is 13.2. The lowest BCUT2D eigenvalue weighted by atomic mass is 9.80. The molecule has 1 aromatic carbocycles. The fourth-order valence-electron chi connectivity index (χ4n) is 5.52. The third-order valence-electron chi connectivity index (χ3n) is 7.01. The van der Waals surface area contributed by atoms with E-state index >= 15 is 0 Å². The van der Waals surface area contributed by atoms with Crippen LogP contribution in [-0.4, -0.2) is 49.3 Å². The Kier molecular flexibility index (Phi) is 6.20. The zero-order valence-corrected chi connectivity index (χ0v) is 17.2. The van der Waals surface area contributed by atoms with Crippen molar-refractivity contribution in [3.63, 3.8) is 0 Å². The highest BCUT2D eigenvalue weighted by Gasteiger charge is 2.42. The molecular weight excluding hydrogens is 356 g/mol. The Morgan fingerprint density at radius 3 is 2.15 bits per heavy atom. The molecule has 1 aromatic rings. The summed E-state index contributed by atoms with van der Waals surface area (Å²) in [5, 5.41) is 0. The van der Waals surface area contributed by atoms with Crippen LogP contribution in [0, 0.1) is 5.92 Å². The monoisotopic (exact) mass is 390 g/mol. The number of rotatable bonds is 4. The fourth-order valence-corrected chi connectivity index (χ4v) is 7.29. The first-order valence-electron chi connectivity index (χ1n) is 11.0. The molecule has 2 aliphatic heterocycles. The zero-order chi connectivity index (χ0) is 18.7. The van der Waals surface area contributed by atoms with Gasteiger partial charge in [0.1, 0.15) is 0 Å². The molecule has 2 unspecified atom stereocenters. The molecule has 27 heavy (non-hydrogen) atoms. The fraction of sp³-hybridized carbons (Fsp3) is 0.727. The molecule has 3 fully saturated rings. The van der Waals surface area contributed by atoms with Crippen molar-refractivity contribution in [2.75, 3.05) is 19.6 Å². The third-order valence-corrected chi connectivity index (χ3v) is 8.91. The van der Waals surface area contributed by atoms with E-state index in [0.717, 1.165) is 25.9 Å². The number of hydrogen-bond donors (Lipinski definition) is 0. The maximum Gasteiger partial charge on any atom is 0.243 e. The van der Waals surface area contributed by atoms with Crippen molar-refractivity contribution in [2.45, 2.75) is 81.2 Å². The van der Waals surface area contributed by atoms with Gasteiger partial charge in [0.25, 0.3) is 0 Å². The highest BCUT2D eigenvalue weighted by atomic mass is 32.2. The minimum Gasteiger partial charge on any atom is -0.299 e. The van der Waals surface area contributed by atoms with Gasteiger partial charge >= 0.3 is 0 Å². The van der Waals surface area contributed by atoms with Gasteiger partial charge in [0.05, 0.1) is 4.90 Å². The van der Waals surface area contributed by atoms with Gasteiger partial charge in [0.2, 0.25) is 10.0 Å². The predicted molar refractivity (Wildman–Crippen MR) is 109 cm³/mol. The van der Waals surface area contributed by atoms with Crippen LogP contribution in [0.1, 0.15) is 64.2 Å². The molecule has 1 aliphatic carbocycles. The summed E-state index contributed by atoms with van der Waals surface area (Å²) < 4.78 is 29.1. The van der Waals surface area contributed by atoms with Crippen molar-refractivity contribution in [2.24, 2.45) is 5.92 Å². The first kappa shape index (κ1) is 19.4. The summed E-state index contributed by atoms with van der Waals surface area (Å²) in [6.07, 6.45) is 12.2.